The molecule has 4 heteroatoms. The molecule has 0 aliphatic carbocycles. The molecule has 1 aromatic rings. The van der Waals surface area contributed by atoms with Crippen molar-refractivity contribution >= 4 is 5.97 Å². The van der Waals surface area contributed by atoms with Crippen LogP contribution in [-0.2, 0) is 24.6 Å². The zero-order chi connectivity index (χ0) is 17.9. The Kier molecular flexibility index (Phi) is 5.80. The van der Waals surface area contributed by atoms with Crippen LogP contribution in [0.3, 0.4) is 0 Å². The Morgan fingerprint density at radius 1 is 1.32 bits per heavy atom. The number of carbonyl (C=O) groups excluding carboxylic acids is 1. The van der Waals surface area contributed by atoms with Crippen LogP contribution >= 0.6 is 0 Å². The lowest BCUT2D eigenvalue weighted by atomic mass is 9.77. The number of benzene rings is 1. The summed E-state index contributed by atoms with van der Waals surface area (Å²) in [5.74, 6) is 0.923. The molecule has 0 spiro atoms. The van der Waals surface area contributed by atoms with Gasteiger partial charge in [-0.3, -0.25) is 4.79 Å². The van der Waals surface area contributed by atoms with E-state index in [0.29, 0.717) is 18.4 Å². The third-order valence-electron chi connectivity index (χ3n) is 5.66. The molecule has 2 saturated heterocycles. The first-order valence-corrected chi connectivity index (χ1v) is 9.49. The monoisotopic (exact) mass is 346 g/mol. The summed E-state index contributed by atoms with van der Waals surface area (Å²) in [6.07, 6.45) is 3.92. The minimum Gasteiger partial charge on any atom is -0.466 e. The van der Waals surface area contributed by atoms with Gasteiger partial charge in [0.05, 0.1) is 25.4 Å². The van der Waals surface area contributed by atoms with Crippen molar-refractivity contribution in [2.24, 2.45) is 11.8 Å². The third kappa shape index (κ3) is 4.06. The number of hydrogen-bond acceptors (Lipinski definition) is 4. The van der Waals surface area contributed by atoms with Crippen LogP contribution in [0.15, 0.2) is 30.3 Å². The summed E-state index contributed by atoms with van der Waals surface area (Å²) in [6, 6.07) is 10.5. The van der Waals surface area contributed by atoms with Crippen LogP contribution in [0.1, 0.15) is 52.0 Å². The van der Waals surface area contributed by atoms with Crippen LogP contribution in [0.4, 0.5) is 0 Å². The lowest BCUT2D eigenvalue weighted by molar-refractivity contribution is -0.159. The van der Waals surface area contributed by atoms with E-state index in [0.717, 1.165) is 32.3 Å². The Morgan fingerprint density at radius 2 is 2.08 bits per heavy atom. The molecule has 138 valence electrons. The summed E-state index contributed by atoms with van der Waals surface area (Å²) in [4.78, 5) is 10.9. The first-order chi connectivity index (χ1) is 12.0. The fourth-order valence-corrected chi connectivity index (χ4v) is 4.13. The lowest BCUT2D eigenvalue weighted by Gasteiger charge is -2.42. The van der Waals surface area contributed by atoms with Crippen molar-refractivity contribution in [1.82, 2.24) is 0 Å². The summed E-state index contributed by atoms with van der Waals surface area (Å²) in [7, 11) is 0. The molecule has 0 bridgehead atoms. The van der Waals surface area contributed by atoms with Crippen molar-refractivity contribution < 1.29 is 19.0 Å². The summed E-state index contributed by atoms with van der Waals surface area (Å²) in [6.45, 7) is 7.23. The van der Waals surface area contributed by atoms with Crippen LogP contribution in [0.2, 0.25) is 0 Å². The van der Waals surface area contributed by atoms with Crippen LogP contribution in [0.25, 0.3) is 0 Å². The van der Waals surface area contributed by atoms with Gasteiger partial charge in [-0.2, -0.15) is 0 Å². The maximum atomic E-state index is 10.9. The fraction of sp³-hybridized carbons (Fsp3) is 0.667. The molecule has 0 radical (unpaired) electrons. The van der Waals surface area contributed by atoms with Gasteiger partial charge in [0, 0.05) is 13.3 Å². The molecule has 2 aliphatic rings. The van der Waals surface area contributed by atoms with Gasteiger partial charge < -0.3 is 14.2 Å². The van der Waals surface area contributed by atoms with E-state index >= 15 is 0 Å². The second kappa shape index (κ2) is 7.88. The zero-order valence-corrected chi connectivity index (χ0v) is 15.6. The van der Waals surface area contributed by atoms with Gasteiger partial charge in [-0.05, 0) is 36.7 Å². The molecule has 0 saturated carbocycles. The Bertz CT molecular complexity index is 571. The van der Waals surface area contributed by atoms with Crippen molar-refractivity contribution in [3.63, 3.8) is 0 Å². The highest BCUT2D eigenvalue weighted by atomic mass is 16.6. The fourth-order valence-electron chi connectivity index (χ4n) is 4.13. The van der Waals surface area contributed by atoms with Gasteiger partial charge in [0.2, 0.25) is 0 Å². The molecule has 2 aliphatic heterocycles. The predicted octanol–water partition coefficient (Wildman–Crippen LogP) is 4.08. The third-order valence-corrected chi connectivity index (χ3v) is 5.66. The predicted molar refractivity (Wildman–Crippen MR) is 96.2 cm³/mol. The van der Waals surface area contributed by atoms with Gasteiger partial charge in [0.15, 0.2) is 0 Å². The van der Waals surface area contributed by atoms with Crippen molar-refractivity contribution in [1.29, 1.82) is 0 Å². The molecule has 4 nitrogen and oxygen atoms in total. The molecule has 1 aromatic carbocycles. The van der Waals surface area contributed by atoms with Crippen molar-refractivity contribution in [3.05, 3.63) is 35.9 Å². The van der Waals surface area contributed by atoms with Crippen LogP contribution in [0.5, 0.6) is 0 Å². The van der Waals surface area contributed by atoms with E-state index in [2.05, 4.69) is 38.1 Å². The zero-order valence-electron chi connectivity index (χ0n) is 15.6. The Balaban J connectivity index is 1.71. The first-order valence-electron chi connectivity index (χ1n) is 9.49. The first kappa shape index (κ1) is 18.4. The highest BCUT2D eigenvalue weighted by Crippen LogP contribution is 2.49. The van der Waals surface area contributed by atoms with Crippen LogP contribution in [-0.4, -0.2) is 31.4 Å². The van der Waals surface area contributed by atoms with E-state index < -0.39 is 0 Å². The molecule has 0 aromatic heterocycles. The second-order valence-corrected chi connectivity index (χ2v) is 7.74. The van der Waals surface area contributed by atoms with Gasteiger partial charge in [-0.15, -0.1) is 0 Å². The summed E-state index contributed by atoms with van der Waals surface area (Å²) < 4.78 is 18.0. The topological polar surface area (TPSA) is 44.8 Å². The number of esters is 1. The second-order valence-electron chi connectivity index (χ2n) is 7.74. The maximum Gasteiger partial charge on any atom is 0.302 e. The Labute approximate surface area is 150 Å². The number of hydrogen-bond donors (Lipinski definition) is 0. The Morgan fingerprint density at radius 3 is 2.76 bits per heavy atom. The van der Waals surface area contributed by atoms with E-state index in [1.54, 1.807) is 0 Å². The van der Waals surface area contributed by atoms with Gasteiger partial charge in [0.25, 0.3) is 0 Å². The van der Waals surface area contributed by atoms with E-state index in [4.69, 9.17) is 14.2 Å². The SMILES string of the molecule is CC(=O)OCCC[C@@H]1C[C@]2(c3ccccc3)OCC(C(C)C)C[C@@H]2O1. The molecule has 25 heavy (non-hydrogen) atoms. The van der Waals surface area contributed by atoms with Gasteiger partial charge in [-0.1, -0.05) is 44.2 Å². The van der Waals surface area contributed by atoms with Gasteiger partial charge in [0.1, 0.15) is 5.60 Å². The summed E-state index contributed by atoms with van der Waals surface area (Å²) in [5.41, 5.74) is 0.906. The number of ether oxygens (including phenoxy) is 3. The largest absolute Gasteiger partial charge is 0.466 e. The number of fused-ring (bicyclic) bond motifs is 1. The van der Waals surface area contributed by atoms with Crippen molar-refractivity contribution in [2.45, 2.75) is 64.3 Å². The van der Waals surface area contributed by atoms with E-state index in [1.807, 2.05) is 6.07 Å². The van der Waals surface area contributed by atoms with E-state index in [-0.39, 0.29) is 23.8 Å². The van der Waals surface area contributed by atoms with Gasteiger partial charge >= 0.3 is 5.97 Å². The van der Waals surface area contributed by atoms with E-state index in [1.165, 1.54) is 12.5 Å². The van der Waals surface area contributed by atoms with Crippen molar-refractivity contribution in [3.8, 4) is 0 Å². The van der Waals surface area contributed by atoms with Gasteiger partial charge in [-0.25, -0.2) is 0 Å². The van der Waals surface area contributed by atoms with Crippen molar-refractivity contribution in [2.75, 3.05) is 13.2 Å². The maximum absolute atomic E-state index is 10.9. The average Bonchev–Trinajstić information content (AvgIpc) is 2.98. The normalized spacial score (nSPS) is 31.8. The minimum atomic E-state index is -0.321. The quantitative estimate of drug-likeness (QED) is 0.575. The minimum absolute atomic E-state index is 0.106. The van der Waals surface area contributed by atoms with Crippen LogP contribution < -0.4 is 0 Å². The average molecular weight is 346 g/mol. The molecule has 0 amide bonds. The lowest BCUT2D eigenvalue weighted by Crippen LogP contribution is -2.46. The molecule has 0 N–H and O–H groups in total. The molecule has 4 atom stereocenters. The molecule has 2 heterocycles. The summed E-state index contributed by atoms with van der Waals surface area (Å²) in [5, 5.41) is 0. The number of carbonyl (C=O) groups is 1. The summed E-state index contributed by atoms with van der Waals surface area (Å²) >= 11 is 0. The molecule has 3 rings (SSSR count). The van der Waals surface area contributed by atoms with E-state index in [9.17, 15) is 4.79 Å². The molecule has 1 unspecified atom stereocenters. The number of rotatable bonds is 6. The molecular formula is C21H30O4. The Hall–Kier alpha value is -1.39. The highest BCUT2D eigenvalue weighted by Gasteiger charge is 2.53. The molecular weight excluding hydrogens is 316 g/mol. The van der Waals surface area contributed by atoms with Crippen LogP contribution in [0, 0.1) is 11.8 Å². The standard InChI is InChI=1S/C21H30O4/c1-15(2)17-12-20-21(24-14-17,18-8-5-4-6-9-18)13-19(25-20)10-7-11-23-16(3)22/h4-6,8-9,15,17,19-20H,7,10-14H2,1-3H3/t17?,19-,20+,21-/m1/s1. The molecule has 2 fully saturated rings. The highest BCUT2D eigenvalue weighted by molar-refractivity contribution is 5.65. The smallest absolute Gasteiger partial charge is 0.302 e.